The van der Waals surface area contributed by atoms with Crippen molar-refractivity contribution in [1.29, 1.82) is 0 Å². The average molecular weight is 561 g/mol. The third-order valence-electron chi connectivity index (χ3n) is 6.36. The zero-order valence-corrected chi connectivity index (χ0v) is 20.6. The van der Waals surface area contributed by atoms with Crippen LogP contribution in [-0.4, -0.2) is 27.0 Å². The number of aliphatic hydroxyl groups is 1. The van der Waals surface area contributed by atoms with Gasteiger partial charge >= 0.3 is 12.4 Å². The van der Waals surface area contributed by atoms with Gasteiger partial charge in [-0.15, -0.1) is 0 Å². The number of benzene rings is 3. The van der Waals surface area contributed by atoms with E-state index < -0.39 is 29.1 Å². The van der Waals surface area contributed by atoms with Gasteiger partial charge in [0.15, 0.2) is 0 Å². The molecule has 0 atom stereocenters. The normalized spacial score (nSPS) is 12.7. The van der Waals surface area contributed by atoms with Crippen molar-refractivity contribution in [2.45, 2.75) is 24.4 Å². The topological polar surface area (TPSA) is 55.1 Å². The first-order chi connectivity index (χ1) is 18.4. The molecule has 1 N–H and O–H groups in total. The maximum atomic E-state index is 13.8. The van der Waals surface area contributed by atoms with Crippen LogP contribution < -0.4 is 5.56 Å². The third kappa shape index (κ3) is 4.72. The molecular formula is C28H18F6N2O2S. The highest BCUT2D eigenvalue weighted by Gasteiger charge is 2.71. The number of alkyl halides is 6. The summed E-state index contributed by atoms with van der Waals surface area (Å²) in [6.07, 6.45) is -11.9. The summed E-state index contributed by atoms with van der Waals surface area (Å²) in [5.74, 6) is 0.233. The van der Waals surface area contributed by atoms with Crippen molar-refractivity contribution in [1.82, 2.24) is 9.55 Å². The second kappa shape index (κ2) is 9.65. The minimum atomic E-state index is -6.02. The lowest BCUT2D eigenvalue weighted by Gasteiger charge is -2.32. The SMILES string of the molecule is O=c1c2cc(-c3ccsc3)ccc2nc(Cc2ccccc2)n1-c1ccc(C(O)(C(F)(F)F)C(F)(F)F)cc1. The largest absolute Gasteiger partial charge is 0.430 e. The maximum Gasteiger partial charge on any atom is 0.430 e. The van der Waals surface area contributed by atoms with Gasteiger partial charge in [-0.2, -0.15) is 37.7 Å². The summed E-state index contributed by atoms with van der Waals surface area (Å²) >= 11 is 1.47. The molecule has 39 heavy (non-hydrogen) atoms. The molecule has 0 amide bonds. The first kappa shape index (κ1) is 26.6. The molecule has 0 aliphatic heterocycles. The molecule has 4 nitrogen and oxygen atoms in total. The first-order valence-electron chi connectivity index (χ1n) is 11.5. The number of halogens is 6. The lowest BCUT2D eigenvalue weighted by molar-refractivity contribution is -0.376. The first-order valence-corrected chi connectivity index (χ1v) is 12.4. The molecule has 0 fully saturated rings. The molecule has 0 aliphatic rings. The Balaban J connectivity index is 1.70. The second-order valence-corrected chi connectivity index (χ2v) is 9.61. The Labute approximate surface area is 221 Å². The fourth-order valence-electron chi connectivity index (χ4n) is 4.34. The number of rotatable bonds is 5. The van der Waals surface area contributed by atoms with Crippen molar-refractivity contribution in [3.8, 4) is 16.8 Å². The number of hydrogen-bond acceptors (Lipinski definition) is 4. The summed E-state index contributed by atoms with van der Waals surface area (Å²) in [6.45, 7) is 0. The fourth-order valence-corrected chi connectivity index (χ4v) is 5.01. The van der Waals surface area contributed by atoms with E-state index in [0.29, 0.717) is 17.6 Å². The van der Waals surface area contributed by atoms with E-state index in [4.69, 9.17) is 0 Å². The Morgan fingerprint density at radius 2 is 1.49 bits per heavy atom. The van der Waals surface area contributed by atoms with Crippen molar-refractivity contribution in [3.63, 3.8) is 0 Å². The van der Waals surface area contributed by atoms with Crippen LogP contribution in [-0.2, 0) is 12.0 Å². The zero-order chi connectivity index (χ0) is 28.0. The number of nitrogens with zero attached hydrogens (tertiary/aromatic N) is 2. The molecule has 0 saturated heterocycles. The Bertz CT molecular complexity index is 1660. The number of aromatic nitrogens is 2. The molecule has 0 radical (unpaired) electrons. The molecule has 11 heteroatoms. The minimum Gasteiger partial charge on any atom is -0.369 e. The van der Waals surface area contributed by atoms with Crippen LogP contribution in [0.15, 0.2) is 94.4 Å². The quantitative estimate of drug-likeness (QED) is 0.235. The van der Waals surface area contributed by atoms with Gasteiger partial charge in [-0.05, 0) is 57.8 Å². The highest BCUT2D eigenvalue weighted by atomic mass is 32.1. The maximum absolute atomic E-state index is 13.8. The fraction of sp³-hybridized carbons (Fsp3) is 0.143. The molecule has 0 spiro atoms. The zero-order valence-electron chi connectivity index (χ0n) is 19.8. The minimum absolute atomic E-state index is 0.00304. The van der Waals surface area contributed by atoms with E-state index in [9.17, 15) is 36.2 Å². The Kier molecular flexibility index (Phi) is 6.59. The van der Waals surface area contributed by atoms with Crippen LogP contribution >= 0.6 is 11.3 Å². The summed E-state index contributed by atoms with van der Waals surface area (Å²) < 4.78 is 81.4. The van der Waals surface area contributed by atoms with Crippen molar-refractivity contribution < 1.29 is 31.4 Å². The van der Waals surface area contributed by atoms with Gasteiger partial charge in [-0.1, -0.05) is 48.5 Å². The van der Waals surface area contributed by atoms with Crippen LogP contribution in [0.4, 0.5) is 26.3 Å². The molecule has 5 rings (SSSR count). The molecule has 2 aromatic heterocycles. The van der Waals surface area contributed by atoms with E-state index >= 15 is 0 Å². The molecule has 0 bridgehead atoms. The molecule has 5 aromatic rings. The molecule has 0 saturated carbocycles. The Morgan fingerprint density at radius 1 is 0.821 bits per heavy atom. The highest BCUT2D eigenvalue weighted by Crippen LogP contribution is 2.50. The second-order valence-electron chi connectivity index (χ2n) is 8.83. The van der Waals surface area contributed by atoms with Gasteiger partial charge in [-0.3, -0.25) is 9.36 Å². The van der Waals surface area contributed by atoms with E-state index in [1.807, 2.05) is 22.9 Å². The highest BCUT2D eigenvalue weighted by molar-refractivity contribution is 7.08. The molecule has 200 valence electrons. The van der Waals surface area contributed by atoms with Crippen molar-refractivity contribution in [2.75, 3.05) is 0 Å². The summed E-state index contributed by atoms with van der Waals surface area (Å²) in [7, 11) is 0. The summed E-state index contributed by atoms with van der Waals surface area (Å²) in [5, 5.41) is 13.8. The van der Waals surface area contributed by atoms with Gasteiger partial charge in [0.2, 0.25) is 0 Å². The van der Waals surface area contributed by atoms with Crippen LogP contribution in [0.2, 0.25) is 0 Å². The van der Waals surface area contributed by atoms with E-state index in [-0.39, 0.29) is 23.3 Å². The third-order valence-corrected chi connectivity index (χ3v) is 7.04. The molecule has 0 aliphatic carbocycles. The van der Waals surface area contributed by atoms with E-state index in [1.54, 1.807) is 42.5 Å². The standard InChI is InChI=1S/C28H18F6N2O2S/c29-27(30,31)26(38,28(32,33)34)20-7-9-21(10-8-20)36-24(14-17-4-2-1-3-5-17)35-23-11-6-18(15-22(23)25(36)37)19-12-13-39-16-19/h1-13,15-16,38H,14H2. The van der Waals surface area contributed by atoms with Crippen LogP contribution in [0.1, 0.15) is 17.0 Å². The summed E-state index contributed by atoms with van der Waals surface area (Å²) in [6, 6.07) is 18.9. The smallest absolute Gasteiger partial charge is 0.369 e. The van der Waals surface area contributed by atoms with Crippen molar-refractivity contribution in [2.24, 2.45) is 0 Å². The Hall–Kier alpha value is -3.96. The number of hydrogen-bond donors (Lipinski definition) is 1. The van der Waals surface area contributed by atoms with Crippen LogP contribution in [0, 0.1) is 0 Å². The van der Waals surface area contributed by atoms with E-state index in [2.05, 4.69) is 4.98 Å². The van der Waals surface area contributed by atoms with Gasteiger partial charge in [0.25, 0.3) is 11.2 Å². The number of fused-ring (bicyclic) bond motifs is 1. The summed E-state index contributed by atoms with van der Waals surface area (Å²) in [5.41, 5.74) is -4.24. The van der Waals surface area contributed by atoms with Crippen molar-refractivity contribution in [3.05, 3.63) is 117 Å². The predicted molar refractivity (Wildman–Crippen MR) is 136 cm³/mol. The van der Waals surface area contributed by atoms with Crippen LogP contribution in [0.5, 0.6) is 0 Å². The lowest BCUT2D eigenvalue weighted by Crippen LogP contribution is -2.53. The lowest BCUT2D eigenvalue weighted by atomic mass is 9.92. The van der Waals surface area contributed by atoms with Crippen LogP contribution in [0.3, 0.4) is 0 Å². The summed E-state index contributed by atoms with van der Waals surface area (Å²) in [4.78, 5) is 18.4. The van der Waals surface area contributed by atoms with Gasteiger partial charge in [0, 0.05) is 12.0 Å². The van der Waals surface area contributed by atoms with Crippen molar-refractivity contribution >= 4 is 22.2 Å². The predicted octanol–water partition coefficient (Wildman–Crippen LogP) is 7.02. The van der Waals surface area contributed by atoms with Gasteiger partial charge in [0.1, 0.15) is 5.82 Å². The average Bonchev–Trinajstić information content (AvgIpc) is 3.43. The van der Waals surface area contributed by atoms with E-state index in [1.165, 1.54) is 11.3 Å². The Morgan fingerprint density at radius 3 is 2.08 bits per heavy atom. The number of thiophene rings is 1. The molecule has 0 unspecified atom stereocenters. The molecule has 2 heterocycles. The van der Waals surface area contributed by atoms with Gasteiger partial charge in [0.05, 0.1) is 16.6 Å². The van der Waals surface area contributed by atoms with Gasteiger partial charge < -0.3 is 5.11 Å². The van der Waals surface area contributed by atoms with Gasteiger partial charge in [-0.25, -0.2) is 4.98 Å². The van der Waals surface area contributed by atoms with E-state index in [0.717, 1.165) is 33.4 Å². The van der Waals surface area contributed by atoms with Crippen LogP contribution in [0.25, 0.3) is 27.7 Å². The monoisotopic (exact) mass is 560 g/mol. The molecule has 3 aromatic carbocycles. The molecular weight excluding hydrogens is 542 g/mol.